The summed E-state index contributed by atoms with van der Waals surface area (Å²) in [6.45, 7) is 2.14. The molecule has 0 saturated carbocycles. The van der Waals surface area contributed by atoms with Crippen LogP contribution in [0.3, 0.4) is 0 Å². The summed E-state index contributed by atoms with van der Waals surface area (Å²) in [5.74, 6) is 0.952. The van der Waals surface area contributed by atoms with Crippen LogP contribution in [0.25, 0.3) is 0 Å². The normalized spacial score (nSPS) is 14.2. The van der Waals surface area contributed by atoms with E-state index in [4.69, 9.17) is 9.15 Å². The van der Waals surface area contributed by atoms with E-state index in [1.165, 1.54) is 0 Å². The summed E-state index contributed by atoms with van der Waals surface area (Å²) >= 11 is 0. The monoisotopic (exact) mass is 376 g/mol. The third kappa shape index (κ3) is 3.62. The van der Waals surface area contributed by atoms with Crippen LogP contribution in [0.2, 0.25) is 0 Å². The number of hydrogen-bond acceptors (Lipinski definition) is 4. The number of para-hydroxylation sites is 2. The Balaban J connectivity index is 1.46. The highest BCUT2D eigenvalue weighted by Gasteiger charge is 2.26. The number of anilines is 1. The van der Waals surface area contributed by atoms with Crippen LogP contribution in [0.5, 0.6) is 5.75 Å². The van der Waals surface area contributed by atoms with E-state index < -0.39 is 0 Å². The Morgan fingerprint density at radius 3 is 2.64 bits per heavy atom. The molecule has 6 nitrogen and oxygen atoms in total. The van der Waals surface area contributed by atoms with Crippen molar-refractivity contribution in [3.8, 4) is 5.75 Å². The Morgan fingerprint density at radius 1 is 1.07 bits per heavy atom. The number of amides is 2. The summed E-state index contributed by atoms with van der Waals surface area (Å²) in [5, 5.41) is 2.92. The molecule has 1 N–H and O–H groups in total. The minimum Gasteiger partial charge on any atom is -0.482 e. The topological polar surface area (TPSA) is 71.8 Å². The third-order valence-electron chi connectivity index (χ3n) is 4.65. The molecular weight excluding hydrogens is 356 g/mol. The first kappa shape index (κ1) is 17.9. The number of rotatable bonds is 5. The average Bonchev–Trinajstić information content (AvgIpc) is 3.20. The molecule has 2 heterocycles. The molecule has 2 amide bonds. The molecule has 1 aromatic heterocycles. The zero-order valence-corrected chi connectivity index (χ0v) is 15.4. The number of hydrogen-bond donors (Lipinski definition) is 1. The van der Waals surface area contributed by atoms with Gasteiger partial charge in [-0.3, -0.25) is 14.5 Å². The molecule has 3 aromatic rings. The van der Waals surface area contributed by atoms with Gasteiger partial charge in [-0.15, -0.1) is 0 Å². The molecule has 0 bridgehead atoms. The first-order chi connectivity index (χ1) is 13.6. The van der Waals surface area contributed by atoms with Gasteiger partial charge in [0.25, 0.3) is 11.8 Å². The Kier molecular flexibility index (Phi) is 4.85. The van der Waals surface area contributed by atoms with Crippen molar-refractivity contribution in [3.63, 3.8) is 0 Å². The molecule has 0 aliphatic carbocycles. The van der Waals surface area contributed by atoms with Gasteiger partial charge in [0.1, 0.15) is 11.5 Å². The summed E-state index contributed by atoms with van der Waals surface area (Å²) in [5.41, 5.74) is 1.71. The maximum atomic E-state index is 12.5. The fraction of sp³-hybridized carbons (Fsp3) is 0.182. The lowest BCUT2D eigenvalue weighted by Gasteiger charge is -2.28. The van der Waals surface area contributed by atoms with Crippen LogP contribution < -0.4 is 15.0 Å². The standard InChI is InChI=1S/C22H20N2O4/c1-15(16-7-3-2-4-8-16)23-22(26)20-12-11-17(28-20)13-24-18-9-5-6-10-19(18)27-14-21(24)25/h2-12,15H,13-14H2,1H3,(H,23,26). The molecule has 0 fully saturated rings. The predicted molar refractivity (Wildman–Crippen MR) is 104 cm³/mol. The number of carbonyl (C=O) groups is 2. The van der Waals surface area contributed by atoms with Gasteiger partial charge in [0.2, 0.25) is 0 Å². The van der Waals surface area contributed by atoms with Gasteiger partial charge in [0.15, 0.2) is 12.4 Å². The molecule has 0 saturated heterocycles. The van der Waals surface area contributed by atoms with Gasteiger partial charge in [-0.2, -0.15) is 0 Å². The van der Waals surface area contributed by atoms with Crippen LogP contribution in [-0.4, -0.2) is 18.4 Å². The van der Waals surface area contributed by atoms with Crippen molar-refractivity contribution < 1.29 is 18.7 Å². The van der Waals surface area contributed by atoms with Crippen molar-refractivity contribution in [2.45, 2.75) is 19.5 Å². The van der Waals surface area contributed by atoms with E-state index in [9.17, 15) is 9.59 Å². The van der Waals surface area contributed by atoms with Gasteiger partial charge in [0, 0.05) is 0 Å². The lowest BCUT2D eigenvalue weighted by molar-refractivity contribution is -0.121. The lowest BCUT2D eigenvalue weighted by Crippen LogP contribution is -2.38. The molecule has 1 aliphatic rings. The van der Waals surface area contributed by atoms with E-state index in [1.54, 1.807) is 17.0 Å². The Bertz CT molecular complexity index is 997. The summed E-state index contributed by atoms with van der Waals surface area (Å²) in [6, 6.07) is 20.3. The molecule has 0 radical (unpaired) electrons. The van der Waals surface area contributed by atoms with E-state index >= 15 is 0 Å². The van der Waals surface area contributed by atoms with Gasteiger partial charge in [-0.25, -0.2) is 0 Å². The fourth-order valence-corrected chi connectivity index (χ4v) is 3.16. The number of fused-ring (bicyclic) bond motifs is 1. The van der Waals surface area contributed by atoms with Crippen molar-refractivity contribution >= 4 is 17.5 Å². The quantitative estimate of drug-likeness (QED) is 0.737. The number of nitrogens with zero attached hydrogens (tertiary/aromatic N) is 1. The summed E-state index contributed by atoms with van der Waals surface area (Å²) in [7, 11) is 0. The van der Waals surface area contributed by atoms with Crippen LogP contribution in [0.4, 0.5) is 5.69 Å². The molecule has 6 heteroatoms. The van der Waals surface area contributed by atoms with Crippen LogP contribution >= 0.6 is 0 Å². The number of benzene rings is 2. The van der Waals surface area contributed by atoms with Gasteiger partial charge < -0.3 is 14.5 Å². The van der Waals surface area contributed by atoms with Crippen molar-refractivity contribution in [1.82, 2.24) is 5.32 Å². The molecule has 0 spiro atoms. The van der Waals surface area contributed by atoms with Crippen LogP contribution in [-0.2, 0) is 11.3 Å². The van der Waals surface area contributed by atoms with Gasteiger partial charge in [-0.05, 0) is 36.8 Å². The van der Waals surface area contributed by atoms with E-state index in [1.807, 2.05) is 61.5 Å². The van der Waals surface area contributed by atoms with Crippen molar-refractivity contribution in [1.29, 1.82) is 0 Å². The van der Waals surface area contributed by atoms with E-state index in [0.717, 1.165) is 5.56 Å². The summed E-state index contributed by atoms with van der Waals surface area (Å²) in [4.78, 5) is 26.4. The largest absolute Gasteiger partial charge is 0.482 e. The highest BCUT2D eigenvalue weighted by atomic mass is 16.5. The van der Waals surface area contributed by atoms with Crippen LogP contribution in [0.1, 0.15) is 34.8 Å². The zero-order valence-electron chi connectivity index (χ0n) is 15.4. The number of furan rings is 1. The first-order valence-electron chi connectivity index (χ1n) is 9.08. The number of carbonyl (C=O) groups excluding carboxylic acids is 2. The zero-order chi connectivity index (χ0) is 19.5. The van der Waals surface area contributed by atoms with Crippen molar-refractivity contribution in [2.75, 3.05) is 11.5 Å². The van der Waals surface area contributed by atoms with Crippen LogP contribution in [0, 0.1) is 0 Å². The van der Waals surface area contributed by atoms with Crippen molar-refractivity contribution in [2.24, 2.45) is 0 Å². The second-order valence-corrected chi connectivity index (χ2v) is 6.61. The molecule has 4 rings (SSSR count). The highest BCUT2D eigenvalue weighted by Crippen LogP contribution is 2.32. The molecule has 142 valence electrons. The number of nitrogens with one attached hydrogen (secondary N) is 1. The number of ether oxygens (including phenoxy) is 1. The maximum absolute atomic E-state index is 12.5. The maximum Gasteiger partial charge on any atom is 0.287 e. The Labute approximate surface area is 162 Å². The third-order valence-corrected chi connectivity index (χ3v) is 4.65. The smallest absolute Gasteiger partial charge is 0.287 e. The summed E-state index contributed by atoms with van der Waals surface area (Å²) < 4.78 is 11.1. The van der Waals surface area contributed by atoms with E-state index in [0.29, 0.717) is 17.2 Å². The van der Waals surface area contributed by atoms with Gasteiger partial charge >= 0.3 is 0 Å². The minimum absolute atomic E-state index is 0.0142. The lowest BCUT2D eigenvalue weighted by atomic mass is 10.1. The highest BCUT2D eigenvalue weighted by molar-refractivity contribution is 5.97. The Morgan fingerprint density at radius 2 is 1.82 bits per heavy atom. The average molecular weight is 376 g/mol. The van der Waals surface area contributed by atoms with Crippen molar-refractivity contribution in [3.05, 3.63) is 83.8 Å². The molecule has 2 aromatic carbocycles. The second-order valence-electron chi connectivity index (χ2n) is 6.61. The molecule has 28 heavy (non-hydrogen) atoms. The fourth-order valence-electron chi connectivity index (χ4n) is 3.16. The van der Waals surface area contributed by atoms with Gasteiger partial charge in [-0.1, -0.05) is 42.5 Å². The minimum atomic E-state index is -0.295. The molecular formula is C22H20N2O4. The first-order valence-corrected chi connectivity index (χ1v) is 9.08. The molecule has 1 atom stereocenters. The molecule has 1 aliphatic heterocycles. The Hall–Kier alpha value is -3.54. The SMILES string of the molecule is CC(NC(=O)c1ccc(CN2C(=O)COc3ccccc32)o1)c1ccccc1. The van der Waals surface area contributed by atoms with E-state index in [-0.39, 0.29) is 36.8 Å². The molecule has 1 unspecified atom stereocenters. The van der Waals surface area contributed by atoms with Crippen LogP contribution in [0.15, 0.2) is 71.1 Å². The predicted octanol–water partition coefficient (Wildman–Crippen LogP) is 3.70. The summed E-state index contributed by atoms with van der Waals surface area (Å²) in [6.07, 6.45) is 0. The van der Waals surface area contributed by atoms with Gasteiger partial charge in [0.05, 0.1) is 18.3 Å². The second kappa shape index (κ2) is 7.60. The van der Waals surface area contributed by atoms with E-state index in [2.05, 4.69) is 5.32 Å².